The molecule has 9 nitrogen and oxygen atoms in total. The quantitative estimate of drug-likeness (QED) is 0.398. The number of hydrogen-bond donors (Lipinski definition) is 3. The molecule has 1 heterocycles. The van der Waals surface area contributed by atoms with E-state index in [1.807, 2.05) is 32.9 Å². The molecular formula is C24H27N5O4S. The van der Waals surface area contributed by atoms with Gasteiger partial charge in [-0.25, -0.2) is 4.79 Å². The van der Waals surface area contributed by atoms with E-state index >= 15 is 0 Å². The summed E-state index contributed by atoms with van der Waals surface area (Å²) in [5, 5.41) is 23.7. The van der Waals surface area contributed by atoms with Crippen LogP contribution in [0.1, 0.15) is 52.0 Å². The van der Waals surface area contributed by atoms with Crippen molar-refractivity contribution in [2.45, 2.75) is 32.0 Å². The molecule has 0 radical (unpaired) electrons. The fourth-order valence-electron chi connectivity index (χ4n) is 3.20. The monoisotopic (exact) mass is 481 g/mol. The van der Waals surface area contributed by atoms with Crippen LogP contribution in [0.5, 0.6) is 0 Å². The van der Waals surface area contributed by atoms with Crippen molar-refractivity contribution in [1.82, 2.24) is 20.1 Å². The average Bonchev–Trinajstić information content (AvgIpc) is 3.16. The Kier molecular flexibility index (Phi) is 8.06. The molecule has 0 unspecified atom stereocenters. The lowest BCUT2D eigenvalue weighted by Crippen LogP contribution is -2.33. The number of nitrogens with one attached hydrogen (secondary N) is 2. The van der Waals surface area contributed by atoms with Gasteiger partial charge in [-0.15, -0.1) is 10.2 Å². The van der Waals surface area contributed by atoms with E-state index in [2.05, 4.69) is 20.8 Å². The van der Waals surface area contributed by atoms with Crippen LogP contribution in [0, 0.1) is 12.8 Å². The van der Waals surface area contributed by atoms with E-state index in [1.54, 1.807) is 23.7 Å². The molecule has 10 heteroatoms. The molecule has 178 valence electrons. The molecule has 3 N–H and O–H groups in total. The second kappa shape index (κ2) is 11.0. The first-order valence-corrected chi connectivity index (χ1v) is 11.7. The Bertz CT molecular complexity index is 1170. The Morgan fingerprint density at radius 2 is 1.62 bits per heavy atom. The van der Waals surface area contributed by atoms with Gasteiger partial charge in [0, 0.05) is 18.3 Å². The third kappa shape index (κ3) is 6.22. The minimum absolute atomic E-state index is 0.0622. The highest BCUT2D eigenvalue weighted by Gasteiger charge is 2.25. The van der Waals surface area contributed by atoms with Gasteiger partial charge in [-0.1, -0.05) is 43.3 Å². The molecule has 3 aromatic rings. The molecule has 3 rings (SSSR count). The maximum absolute atomic E-state index is 12.7. The number of aromatic carboxylic acids is 1. The summed E-state index contributed by atoms with van der Waals surface area (Å²) in [6.07, 6.45) is 0. The molecule has 0 aliphatic heterocycles. The number of thioether (sulfide) groups is 1. The number of benzene rings is 2. The molecule has 34 heavy (non-hydrogen) atoms. The SMILES string of the molecule is Cc1ccc(C(=O)N[C@H](c2nnc(SCC(=O)Nc3ccc(C(=O)O)cc3)n2C)C(C)C)cc1. The highest BCUT2D eigenvalue weighted by atomic mass is 32.2. The number of carboxylic acids is 1. The molecule has 2 aromatic carbocycles. The maximum Gasteiger partial charge on any atom is 0.335 e. The first-order chi connectivity index (χ1) is 16.2. The van der Waals surface area contributed by atoms with Gasteiger partial charge in [0.25, 0.3) is 5.91 Å². The summed E-state index contributed by atoms with van der Waals surface area (Å²) in [4.78, 5) is 36.0. The summed E-state index contributed by atoms with van der Waals surface area (Å²) in [5.41, 5.74) is 2.30. The van der Waals surface area contributed by atoms with E-state index in [-0.39, 0.29) is 35.1 Å². The summed E-state index contributed by atoms with van der Waals surface area (Å²) in [7, 11) is 1.80. The third-order valence-electron chi connectivity index (χ3n) is 5.16. The third-order valence-corrected chi connectivity index (χ3v) is 6.18. The predicted molar refractivity (Wildman–Crippen MR) is 130 cm³/mol. The largest absolute Gasteiger partial charge is 0.478 e. The van der Waals surface area contributed by atoms with Crippen molar-refractivity contribution in [3.8, 4) is 0 Å². The Labute approximate surface area is 202 Å². The van der Waals surface area contributed by atoms with Gasteiger partial charge in [-0.2, -0.15) is 0 Å². The number of nitrogens with zero attached hydrogens (tertiary/aromatic N) is 3. The number of carbonyl (C=O) groups is 3. The Morgan fingerprint density at radius 3 is 2.21 bits per heavy atom. The number of aromatic nitrogens is 3. The van der Waals surface area contributed by atoms with E-state index in [9.17, 15) is 14.4 Å². The van der Waals surface area contributed by atoms with Gasteiger partial charge < -0.3 is 20.3 Å². The van der Waals surface area contributed by atoms with Crippen molar-refractivity contribution in [2.24, 2.45) is 13.0 Å². The number of aryl methyl sites for hydroxylation is 1. The van der Waals surface area contributed by atoms with E-state index in [1.165, 1.54) is 36.0 Å². The number of carbonyl (C=O) groups excluding carboxylic acids is 2. The predicted octanol–water partition coefficient (Wildman–Crippen LogP) is 3.68. The summed E-state index contributed by atoms with van der Waals surface area (Å²) in [5.74, 6) is -0.722. The van der Waals surface area contributed by atoms with Crippen LogP contribution in [0.25, 0.3) is 0 Å². The van der Waals surface area contributed by atoms with Crippen LogP contribution in [0.2, 0.25) is 0 Å². The fourth-order valence-corrected chi connectivity index (χ4v) is 3.92. The molecule has 0 saturated carbocycles. The van der Waals surface area contributed by atoms with Crippen molar-refractivity contribution in [3.05, 3.63) is 71.0 Å². The summed E-state index contributed by atoms with van der Waals surface area (Å²) in [6, 6.07) is 12.9. The van der Waals surface area contributed by atoms with Crippen LogP contribution in [0.15, 0.2) is 53.7 Å². The first-order valence-electron chi connectivity index (χ1n) is 10.7. The van der Waals surface area contributed by atoms with Crippen molar-refractivity contribution in [2.75, 3.05) is 11.1 Å². The topological polar surface area (TPSA) is 126 Å². The van der Waals surface area contributed by atoms with Crippen molar-refractivity contribution < 1.29 is 19.5 Å². The summed E-state index contributed by atoms with van der Waals surface area (Å²) in [6.45, 7) is 5.95. The molecule has 2 amide bonds. The second-order valence-electron chi connectivity index (χ2n) is 8.18. The lowest BCUT2D eigenvalue weighted by atomic mass is 10.0. The van der Waals surface area contributed by atoms with Gasteiger partial charge >= 0.3 is 5.97 Å². The van der Waals surface area contributed by atoms with E-state index < -0.39 is 5.97 Å². The molecular weight excluding hydrogens is 454 g/mol. The first kappa shape index (κ1) is 25.0. The molecule has 0 fully saturated rings. The highest BCUT2D eigenvalue weighted by molar-refractivity contribution is 7.99. The van der Waals surface area contributed by atoms with Crippen molar-refractivity contribution in [1.29, 1.82) is 0 Å². The lowest BCUT2D eigenvalue weighted by Gasteiger charge is -2.21. The molecule has 0 spiro atoms. The van der Waals surface area contributed by atoms with Gasteiger partial charge in [0.05, 0.1) is 17.4 Å². The van der Waals surface area contributed by atoms with E-state index in [0.717, 1.165) is 5.56 Å². The van der Waals surface area contributed by atoms with Crippen LogP contribution in [0.4, 0.5) is 5.69 Å². The maximum atomic E-state index is 12.7. The molecule has 0 aliphatic carbocycles. The average molecular weight is 482 g/mol. The number of rotatable bonds is 9. The highest BCUT2D eigenvalue weighted by Crippen LogP contribution is 2.24. The lowest BCUT2D eigenvalue weighted by molar-refractivity contribution is -0.113. The summed E-state index contributed by atoms with van der Waals surface area (Å²) >= 11 is 1.22. The second-order valence-corrected chi connectivity index (χ2v) is 9.12. The normalized spacial score (nSPS) is 11.8. The van der Waals surface area contributed by atoms with Crippen LogP contribution in [-0.4, -0.2) is 43.4 Å². The van der Waals surface area contributed by atoms with Crippen molar-refractivity contribution in [3.63, 3.8) is 0 Å². The zero-order valence-corrected chi connectivity index (χ0v) is 20.2. The van der Waals surface area contributed by atoms with Gasteiger partial charge in [-0.3, -0.25) is 9.59 Å². The number of anilines is 1. The molecule has 0 bridgehead atoms. The smallest absolute Gasteiger partial charge is 0.335 e. The van der Waals surface area contributed by atoms with Gasteiger partial charge in [-0.05, 0) is 49.2 Å². The Morgan fingerprint density at radius 1 is 1.00 bits per heavy atom. The van der Waals surface area contributed by atoms with Gasteiger partial charge in [0.15, 0.2) is 11.0 Å². The van der Waals surface area contributed by atoms with Gasteiger partial charge in [0.2, 0.25) is 5.91 Å². The Hall–Kier alpha value is -3.66. The number of hydrogen-bond acceptors (Lipinski definition) is 6. The standard InChI is InChI=1S/C24H27N5O4S/c1-14(2)20(26-22(31)16-7-5-15(3)6-8-16)21-27-28-24(29(21)4)34-13-19(30)25-18-11-9-17(10-12-18)23(32)33/h5-12,14,20H,13H2,1-4H3,(H,25,30)(H,26,31)(H,32,33)/t20-/m0/s1. The molecule has 0 aliphatic rings. The van der Waals surface area contributed by atoms with E-state index in [0.29, 0.717) is 22.2 Å². The van der Waals surface area contributed by atoms with Crippen LogP contribution >= 0.6 is 11.8 Å². The van der Waals surface area contributed by atoms with E-state index in [4.69, 9.17) is 5.11 Å². The molecule has 1 atom stereocenters. The zero-order chi connectivity index (χ0) is 24.8. The minimum Gasteiger partial charge on any atom is -0.478 e. The van der Waals surface area contributed by atoms with Crippen LogP contribution in [-0.2, 0) is 11.8 Å². The van der Waals surface area contributed by atoms with Gasteiger partial charge in [0.1, 0.15) is 0 Å². The van der Waals surface area contributed by atoms with Crippen molar-refractivity contribution >= 4 is 35.2 Å². The summed E-state index contributed by atoms with van der Waals surface area (Å²) < 4.78 is 1.78. The number of carboxylic acid groups (broad SMARTS) is 1. The zero-order valence-electron chi connectivity index (χ0n) is 19.4. The Balaban J connectivity index is 1.63. The molecule has 0 saturated heterocycles. The minimum atomic E-state index is -1.03. The van der Waals surface area contributed by atoms with Crippen LogP contribution in [0.3, 0.4) is 0 Å². The number of amides is 2. The van der Waals surface area contributed by atoms with Crippen LogP contribution < -0.4 is 10.6 Å². The molecule has 1 aromatic heterocycles. The fraction of sp³-hybridized carbons (Fsp3) is 0.292.